The van der Waals surface area contributed by atoms with Gasteiger partial charge in [0, 0.05) is 6.54 Å². The van der Waals surface area contributed by atoms with E-state index in [1.54, 1.807) is 6.07 Å². The van der Waals surface area contributed by atoms with Gasteiger partial charge in [0.05, 0.1) is 18.1 Å². The Bertz CT molecular complexity index is 678. The van der Waals surface area contributed by atoms with Crippen molar-refractivity contribution in [1.29, 1.82) is 0 Å². The van der Waals surface area contributed by atoms with Crippen LogP contribution in [0.3, 0.4) is 0 Å². The van der Waals surface area contributed by atoms with Gasteiger partial charge in [0.15, 0.2) is 9.84 Å². The number of hydrogen-bond donors (Lipinski definition) is 2. The van der Waals surface area contributed by atoms with E-state index >= 15 is 0 Å². The molecule has 0 aromatic carbocycles. The highest BCUT2D eigenvalue weighted by Gasteiger charge is 2.29. The molecule has 21 heavy (non-hydrogen) atoms. The molecule has 0 saturated carbocycles. The molecule has 1 unspecified atom stereocenters. The molecular weight excluding hydrogens is 316 g/mol. The molecule has 2 heterocycles. The number of nitrogens with one attached hydrogen (secondary N) is 2. The first-order valence-electron chi connectivity index (χ1n) is 6.82. The fraction of sp³-hybridized carbons (Fsp3) is 0.667. The van der Waals surface area contributed by atoms with Gasteiger partial charge in [-0.2, -0.15) is 0 Å². The molecule has 0 aliphatic carbocycles. The minimum atomic E-state index is -3.73. The number of furan rings is 1. The van der Waals surface area contributed by atoms with Crippen molar-refractivity contribution in [1.82, 2.24) is 10.0 Å². The van der Waals surface area contributed by atoms with Crippen LogP contribution in [0, 0.1) is 5.92 Å². The van der Waals surface area contributed by atoms with Crippen molar-refractivity contribution < 1.29 is 21.3 Å². The van der Waals surface area contributed by atoms with E-state index in [1.807, 2.05) is 6.92 Å². The Hall–Kier alpha value is -0.900. The first-order chi connectivity index (χ1) is 9.82. The largest absolute Gasteiger partial charge is 0.447 e. The number of rotatable bonds is 7. The topological polar surface area (TPSA) is 105 Å². The van der Waals surface area contributed by atoms with Gasteiger partial charge in [0.2, 0.25) is 5.09 Å². The smallest absolute Gasteiger partial charge is 0.273 e. The van der Waals surface area contributed by atoms with Gasteiger partial charge in [-0.3, -0.25) is 0 Å². The van der Waals surface area contributed by atoms with E-state index in [0.29, 0.717) is 18.7 Å². The van der Waals surface area contributed by atoms with Gasteiger partial charge in [-0.05, 0) is 31.0 Å². The third kappa shape index (κ3) is 4.53. The summed E-state index contributed by atoms with van der Waals surface area (Å²) in [6, 6.07) is 3.01. The second-order valence-electron chi connectivity index (χ2n) is 5.12. The lowest BCUT2D eigenvalue weighted by atomic mass is 10.1. The second-order valence-corrected chi connectivity index (χ2v) is 9.05. The Morgan fingerprint density at radius 3 is 2.76 bits per heavy atom. The fourth-order valence-corrected chi connectivity index (χ4v) is 5.10. The normalized spacial score (nSPS) is 21.7. The molecule has 1 aromatic heterocycles. The predicted octanol–water partition coefficient (Wildman–Crippen LogP) is 0.102. The van der Waals surface area contributed by atoms with Crippen LogP contribution in [0.15, 0.2) is 21.6 Å². The molecule has 1 atom stereocenters. The molecule has 0 bridgehead atoms. The SMILES string of the molecule is CCNCc1ccc(S(=O)(=O)NCC2CCS(=O)(=O)C2)o1. The first-order valence-corrected chi connectivity index (χ1v) is 10.1. The lowest BCUT2D eigenvalue weighted by Gasteiger charge is -2.08. The molecule has 1 aromatic rings. The van der Waals surface area contributed by atoms with Crippen LogP contribution in [0.5, 0.6) is 0 Å². The average molecular weight is 336 g/mol. The van der Waals surface area contributed by atoms with Gasteiger partial charge in [-0.15, -0.1) is 0 Å². The molecule has 2 rings (SSSR count). The van der Waals surface area contributed by atoms with E-state index in [0.717, 1.165) is 6.54 Å². The zero-order chi connectivity index (χ0) is 15.5. The van der Waals surface area contributed by atoms with Gasteiger partial charge in [-0.1, -0.05) is 6.92 Å². The maximum atomic E-state index is 12.1. The maximum Gasteiger partial charge on any atom is 0.273 e. The monoisotopic (exact) mass is 336 g/mol. The maximum absolute atomic E-state index is 12.1. The molecule has 7 nitrogen and oxygen atoms in total. The number of sulfone groups is 1. The van der Waals surface area contributed by atoms with E-state index in [9.17, 15) is 16.8 Å². The standard InChI is InChI=1S/C12H20N2O5S2/c1-2-13-8-11-3-4-12(19-11)21(17,18)14-7-10-5-6-20(15,16)9-10/h3-4,10,13-14H,2,5-9H2,1H3. The molecule has 0 radical (unpaired) electrons. The summed E-state index contributed by atoms with van der Waals surface area (Å²) in [6.07, 6.45) is 0.495. The molecule has 1 aliphatic heterocycles. The first kappa shape index (κ1) is 16.5. The van der Waals surface area contributed by atoms with Gasteiger partial charge >= 0.3 is 0 Å². The Balaban J connectivity index is 1.94. The third-order valence-corrected chi connectivity index (χ3v) is 6.47. The van der Waals surface area contributed by atoms with Crippen LogP contribution in [0.2, 0.25) is 0 Å². The van der Waals surface area contributed by atoms with Crippen molar-refractivity contribution >= 4 is 19.9 Å². The summed E-state index contributed by atoms with van der Waals surface area (Å²) in [6.45, 7) is 3.28. The molecule has 9 heteroatoms. The second kappa shape index (κ2) is 6.47. The highest BCUT2D eigenvalue weighted by molar-refractivity contribution is 7.91. The quantitative estimate of drug-likeness (QED) is 0.732. The van der Waals surface area contributed by atoms with Crippen molar-refractivity contribution in [3.8, 4) is 0 Å². The van der Waals surface area contributed by atoms with Gasteiger partial charge < -0.3 is 9.73 Å². The molecule has 0 spiro atoms. The molecule has 2 N–H and O–H groups in total. The Morgan fingerprint density at radius 2 is 2.14 bits per heavy atom. The van der Waals surface area contributed by atoms with E-state index in [-0.39, 0.29) is 29.1 Å². The average Bonchev–Trinajstić information content (AvgIpc) is 3.01. The molecule has 120 valence electrons. The van der Waals surface area contributed by atoms with E-state index < -0.39 is 19.9 Å². The Kier molecular flexibility index (Phi) is 5.07. The van der Waals surface area contributed by atoms with Crippen LogP contribution in [-0.2, 0) is 26.4 Å². The zero-order valence-electron chi connectivity index (χ0n) is 11.8. The summed E-state index contributed by atoms with van der Waals surface area (Å²) >= 11 is 0. The highest BCUT2D eigenvalue weighted by atomic mass is 32.2. The minimum absolute atomic E-state index is 0.0410. The fourth-order valence-electron chi connectivity index (χ4n) is 2.18. The van der Waals surface area contributed by atoms with Crippen LogP contribution in [-0.4, -0.2) is 41.4 Å². The lowest BCUT2D eigenvalue weighted by molar-refractivity contribution is 0.400. The summed E-state index contributed by atoms with van der Waals surface area (Å²) in [5.41, 5.74) is 0. The number of sulfonamides is 1. The van der Waals surface area contributed by atoms with Crippen molar-refractivity contribution in [3.05, 3.63) is 17.9 Å². The molecule has 1 aliphatic rings. The van der Waals surface area contributed by atoms with E-state index in [1.165, 1.54) is 6.07 Å². The third-order valence-electron chi connectivity index (χ3n) is 3.34. The molecular formula is C12H20N2O5S2. The van der Waals surface area contributed by atoms with Gasteiger partial charge in [-0.25, -0.2) is 21.6 Å². The number of hydrogen-bond acceptors (Lipinski definition) is 6. The van der Waals surface area contributed by atoms with Crippen molar-refractivity contribution in [3.63, 3.8) is 0 Å². The lowest BCUT2D eigenvalue weighted by Crippen LogP contribution is -2.29. The van der Waals surface area contributed by atoms with E-state index in [2.05, 4.69) is 10.0 Å². The van der Waals surface area contributed by atoms with Crippen LogP contribution < -0.4 is 10.0 Å². The summed E-state index contributed by atoms with van der Waals surface area (Å²) < 4.78 is 54.5. The zero-order valence-corrected chi connectivity index (χ0v) is 13.5. The molecule has 0 amide bonds. The van der Waals surface area contributed by atoms with E-state index in [4.69, 9.17) is 4.42 Å². The Labute approximate surface area is 125 Å². The van der Waals surface area contributed by atoms with Gasteiger partial charge in [0.1, 0.15) is 5.76 Å². The Morgan fingerprint density at radius 1 is 1.38 bits per heavy atom. The van der Waals surface area contributed by atoms with Crippen LogP contribution >= 0.6 is 0 Å². The molecule has 1 fully saturated rings. The highest BCUT2D eigenvalue weighted by Crippen LogP contribution is 2.19. The van der Waals surface area contributed by atoms with Crippen LogP contribution in [0.1, 0.15) is 19.1 Å². The summed E-state index contributed by atoms with van der Waals surface area (Å²) in [4.78, 5) is 0. The van der Waals surface area contributed by atoms with Crippen molar-refractivity contribution in [2.45, 2.75) is 25.0 Å². The van der Waals surface area contributed by atoms with Crippen molar-refractivity contribution in [2.75, 3.05) is 24.6 Å². The predicted molar refractivity (Wildman–Crippen MR) is 78.0 cm³/mol. The van der Waals surface area contributed by atoms with Crippen LogP contribution in [0.4, 0.5) is 0 Å². The van der Waals surface area contributed by atoms with Crippen LogP contribution in [0.25, 0.3) is 0 Å². The summed E-state index contributed by atoms with van der Waals surface area (Å²) in [7, 11) is -6.73. The summed E-state index contributed by atoms with van der Waals surface area (Å²) in [5, 5.41) is 2.90. The summed E-state index contributed by atoms with van der Waals surface area (Å²) in [5.74, 6) is 0.549. The van der Waals surface area contributed by atoms with Gasteiger partial charge in [0.25, 0.3) is 10.0 Å². The minimum Gasteiger partial charge on any atom is -0.447 e. The van der Waals surface area contributed by atoms with Crippen molar-refractivity contribution in [2.24, 2.45) is 5.92 Å². The molecule has 1 saturated heterocycles.